The summed E-state index contributed by atoms with van der Waals surface area (Å²) in [5.41, 5.74) is 2.59. The van der Waals surface area contributed by atoms with Crippen molar-refractivity contribution in [1.29, 1.82) is 0 Å². The minimum atomic E-state index is -0.315. The molecule has 1 N–H and O–H groups in total. The largest absolute Gasteiger partial charge is 0.496 e. The summed E-state index contributed by atoms with van der Waals surface area (Å²) in [7, 11) is 3.05. The van der Waals surface area contributed by atoms with E-state index in [9.17, 15) is 4.79 Å². The van der Waals surface area contributed by atoms with Crippen molar-refractivity contribution in [2.75, 3.05) is 14.2 Å². The summed E-state index contributed by atoms with van der Waals surface area (Å²) in [6.07, 6.45) is 0. The number of para-hydroxylation sites is 1. The van der Waals surface area contributed by atoms with Gasteiger partial charge in [-0.3, -0.25) is 0 Å². The number of carbonyl (C=O) groups excluding carboxylic acids is 1. The molecule has 0 saturated heterocycles. The average Bonchev–Trinajstić information content (AvgIpc) is 2.55. The van der Waals surface area contributed by atoms with Gasteiger partial charge in [0.2, 0.25) is 0 Å². The third-order valence-electron chi connectivity index (χ3n) is 3.25. The van der Waals surface area contributed by atoms with Gasteiger partial charge in [0.25, 0.3) is 0 Å². The van der Waals surface area contributed by atoms with Gasteiger partial charge in [0.1, 0.15) is 5.75 Å². The predicted molar refractivity (Wildman–Crippen MR) is 81.3 cm³/mol. The Balaban J connectivity index is 2.02. The summed E-state index contributed by atoms with van der Waals surface area (Å²) in [6.45, 7) is 1.25. The first-order chi connectivity index (χ1) is 10.3. The molecule has 0 saturated carbocycles. The predicted octanol–water partition coefficient (Wildman–Crippen LogP) is 2.77. The van der Waals surface area contributed by atoms with Crippen molar-refractivity contribution in [3.8, 4) is 5.75 Å². The molecule has 0 fully saturated rings. The number of methoxy groups -OCH3 is 2. The molecular weight excluding hydrogens is 266 g/mol. The minimum absolute atomic E-state index is 0.315. The molecule has 4 nitrogen and oxygen atoms in total. The van der Waals surface area contributed by atoms with Crippen LogP contribution in [0.2, 0.25) is 0 Å². The Morgan fingerprint density at radius 1 is 0.952 bits per heavy atom. The van der Waals surface area contributed by atoms with Crippen LogP contribution in [0.3, 0.4) is 0 Å². The molecule has 0 spiro atoms. The van der Waals surface area contributed by atoms with Gasteiger partial charge in [-0.25, -0.2) is 4.79 Å². The maximum Gasteiger partial charge on any atom is 0.338 e. The molecule has 0 atom stereocenters. The summed E-state index contributed by atoms with van der Waals surface area (Å²) < 4.78 is 10.1. The van der Waals surface area contributed by atoms with Crippen LogP contribution in [0.4, 0.5) is 0 Å². The van der Waals surface area contributed by atoms with E-state index in [2.05, 4.69) is 5.32 Å². The van der Waals surface area contributed by atoms with Crippen LogP contribution in [-0.2, 0) is 17.8 Å². The van der Waals surface area contributed by atoms with Crippen LogP contribution in [0.15, 0.2) is 48.5 Å². The molecule has 2 rings (SSSR count). The van der Waals surface area contributed by atoms with Crippen LogP contribution >= 0.6 is 0 Å². The lowest BCUT2D eigenvalue weighted by Gasteiger charge is -2.11. The zero-order valence-electron chi connectivity index (χ0n) is 12.3. The maximum atomic E-state index is 11.7. The van der Waals surface area contributed by atoms with Crippen molar-refractivity contribution in [2.45, 2.75) is 13.1 Å². The highest BCUT2D eigenvalue weighted by Crippen LogP contribution is 2.17. The zero-order valence-corrected chi connectivity index (χ0v) is 12.3. The molecule has 4 heteroatoms. The molecule has 2 aromatic carbocycles. The molecule has 0 heterocycles. The van der Waals surface area contributed by atoms with Crippen LogP contribution in [0.5, 0.6) is 5.75 Å². The van der Waals surface area contributed by atoms with E-state index in [0.717, 1.165) is 16.9 Å². The minimum Gasteiger partial charge on any atom is -0.496 e. The van der Waals surface area contributed by atoms with Gasteiger partial charge in [0.15, 0.2) is 0 Å². The fraction of sp³-hybridized carbons (Fsp3) is 0.235. The molecule has 110 valence electrons. The molecule has 0 radical (unpaired) electrons. The number of rotatable bonds is 6. The van der Waals surface area contributed by atoms with Gasteiger partial charge in [0.05, 0.1) is 19.8 Å². The van der Waals surface area contributed by atoms with E-state index in [1.54, 1.807) is 13.2 Å². The van der Waals surface area contributed by atoms with Crippen LogP contribution in [0.25, 0.3) is 0 Å². The molecule has 0 aromatic heterocycles. The smallest absolute Gasteiger partial charge is 0.338 e. The van der Waals surface area contributed by atoms with E-state index in [4.69, 9.17) is 9.47 Å². The lowest BCUT2D eigenvalue weighted by molar-refractivity contribution is 0.0599. The second-order valence-corrected chi connectivity index (χ2v) is 4.56. The van der Waals surface area contributed by atoms with Crippen molar-refractivity contribution in [1.82, 2.24) is 5.32 Å². The van der Waals surface area contributed by atoms with Crippen LogP contribution in [-0.4, -0.2) is 20.2 Å². The molecule has 0 bridgehead atoms. The second kappa shape index (κ2) is 7.45. The molecule has 0 aliphatic carbocycles. The lowest BCUT2D eigenvalue weighted by Crippen LogP contribution is -2.16. The van der Waals surface area contributed by atoms with E-state index in [1.807, 2.05) is 42.5 Å². The number of hydrogen-bond donors (Lipinski definition) is 1. The number of benzene rings is 2. The highest BCUT2D eigenvalue weighted by Gasteiger charge is 2.10. The van der Waals surface area contributed by atoms with E-state index >= 15 is 0 Å². The van der Waals surface area contributed by atoms with E-state index in [1.165, 1.54) is 7.11 Å². The lowest BCUT2D eigenvalue weighted by atomic mass is 10.1. The normalized spacial score (nSPS) is 10.2. The Hall–Kier alpha value is -2.33. The number of nitrogens with one attached hydrogen (secondary N) is 1. The van der Waals surface area contributed by atoms with Crippen molar-refractivity contribution < 1.29 is 14.3 Å². The van der Waals surface area contributed by atoms with E-state index < -0.39 is 0 Å². The molecular formula is C17H19NO3. The fourth-order valence-electron chi connectivity index (χ4n) is 2.16. The zero-order chi connectivity index (χ0) is 15.1. The van der Waals surface area contributed by atoms with Gasteiger partial charge in [-0.1, -0.05) is 36.4 Å². The van der Waals surface area contributed by atoms with Crippen LogP contribution in [0.1, 0.15) is 21.5 Å². The SMILES string of the molecule is COC(=O)c1ccccc1CNCc1ccccc1OC. The van der Waals surface area contributed by atoms with Gasteiger partial charge < -0.3 is 14.8 Å². The quantitative estimate of drug-likeness (QED) is 0.829. The average molecular weight is 285 g/mol. The highest BCUT2D eigenvalue weighted by molar-refractivity contribution is 5.90. The first kappa shape index (κ1) is 15.1. The molecule has 21 heavy (non-hydrogen) atoms. The summed E-state index contributed by atoms with van der Waals surface area (Å²) >= 11 is 0. The molecule has 0 aliphatic heterocycles. The Bertz CT molecular complexity index is 610. The van der Waals surface area contributed by atoms with Crippen molar-refractivity contribution >= 4 is 5.97 Å². The molecule has 0 unspecified atom stereocenters. The Morgan fingerprint density at radius 2 is 1.57 bits per heavy atom. The van der Waals surface area contributed by atoms with Crippen molar-refractivity contribution in [3.63, 3.8) is 0 Å². The number of esters is 1. The van der Waals surface area contributed by atoms with Crippen molar-refractivity contribution in [2.24, 2.45) is 0 Å². The van der Waals surface area contributed by atoms with Crippen molar-refractivity contribution in [3.05, 3.63) is 65.2 Å². The summed E-state index contributed by atoms with van der Waals surface area (Å²) in [5, 5.41) is 3.32. The van der Waals surface area contributed by atoms with Gasteiger partial charge in [-0.15, -0.1) is 0 Å². The monoisotopic (exact) mass is 285 g/mol. The molecule has 2 aromatic rings. The van der Waals surface area contributed by atoms with Crippen LogP contribution in [0, 0.1) is 0 Å². The molecule has 0 aliphatic rings. The number of ether oxygens (including phenoxy) is 2. The van der Waals surface area contributed by atoms with Gasteiger partial charge in [-0.05, 0) is 17.7 Å². The standard InChI is InChI=1S/C17H19NO3/c1-20-16-10-6-4-8-14(16)12-18-11-13-7-3-5-9-15(13)17(19)21-2/h3-10,18H,11-12H2,1-2H3. The maximum absolute atomic E-state index is 11.7. The van der Waals surface area contributed by atoms with E-state index in [-0.39, 0.29) is 5.97 Å². The first-order valence-electron chi connectivity index (χ1n) is 6.75. The Morgan fingerprint density at radius 3 is 2.29 bits per heavy atom. The summed E-state index contributed by atoms with van der Waals surface area (Å²) in [5.74, 6) is 0.538. The fourth-order valence-corrected chi connectivity index (χ4v) is 2.16. The van der Waals surface area contributed by atoms with Gasteiger partial charge >= 0.3 is 5.97 Å². The first-order valence-corrected chi connectivity index (χ1v) is 6.75. The van der Waals surface area contributed by atoms with Gasteiger partial charge in [0, 0.05) is 18.7 Å². The summed E-state index contributed by atoms with van der Waals surface area (Å²) in [4.78, 5) is 11.7. The number of carbonyl (C=O) groups is 1. The van der Waals surface area contributed by atoms with Crippen LogP contribution < -0.4 is 10.1 Å². The third-order valence-corrected chi connectivity index (χ3v) is 3.25. The number of hydrogen-bond acceptors (Lipinski definition) is 4. The summed E-state index contributed by atoms with van der Waals surface area (Å²) in [6, 6.07) is 15.3. The van der Waals surface area contributed by atoms with Gasteiger partial charge in [-0.2, -0.15) is 0 Å². The third kappa shape index (κ3) is 3.83. The topological polar surface area (TPSA) is 47.6 Å². The highest BCUT2D eigenvalue weighted by atomic mass is 16.5. The Labute approximate surface area is 124 Å². The van der Waals surface area contributed by atoms with E-state index in [0.29, 0.717) is 18.7 Å². The Kier molecular flexibility index (Phi) is 5.35. The second-order valence-electron chi connectivity index (χ2n) is 4.56. The molecule has 0 amide bonds.